The minimum absolute atomic E-state index is 0.243. The fourth-order valence-corrected chi connectivity index (χ4v) is 5.43. The first-order valence-corrected chi connectivity index (χ1v) is 13.2. The number of halogens is 3. The Hall–Kier alpha value is -3.33. The zero-order valence-electron chi connectivity index (χ0n) is 21.0. The Bertz CT molecular complexity index is 1420. The Balaban J connectivity index is 1.57. The zero-order valence-corrected chi connectivity index (χ0v) is 23.3. The normalized spacial score (nSPS) is 11.6. The number of carbonyl (C=O) groups excluding carboxylic acids is 1. The number of rotatable bonds is 10. The molecule has 10 heteroatoms. The fourth-order valence-electron chi connectivity index (χ4n) is 3.88. The van der Waals surface area contributed by atoms with Crippen LogP contribution in [-0.4, -0.2) is 20.2 Å². The summed E-state index contributed by atoms with van der Waals surface area (Å²) in [4.78, 5) is 14.5. The third kappa shape index (κ3) is 6.56. The number of hydrogen-bond donors (Lipinski definition) is 1. The Labute approximate surface area is 234 Å². The molecule has 1 N–H and O–H groups in total. The second-order valence-corrected chi connectivity index (χ2v) is 10.4. The Kier molecular flexibility index (Phi) is 9.09. The molecule has 0 saturated heterocycles. The maximum atomic E-state index is 13.9. The van der Waals surface area contributed by atoms with Gasteiger partial charge in [0.25, 0.3) is 0 Å². The van der Waals surface area contributed by atoms with Gasteiger partial charge in [-0.1, -0.05) is 41.4 Å². The molecule has 4 aromatic rings. The molecule has 0 aliphatic heterocycles. The molecule has 0 unspecified atom stereocenters. The summed E-state index contributed by atoms with van der Waals surface area (Å²) in [5.41, 5.74) is 1.73. The van der Waals surface area contributed by atoms with Gasteiger partial charge in [0, 0.05) is 23.4 Å². The summed E-state index contributed by atoms with van der Waals surface area (Å²) in [6.07, 6.45) is 3.01. The number of aromatic nitrogens is 1. The first-order valence-electron chi connectivity index (χ1n) is 11.6. The van der Waals surface area contributed by atoms with Crippen molar-refractivity contribution in [2.45, 2.75) is 19.1 Å². The molecule has 0 radical (unpaired) electrons. The van der Waals surface area contributed by atoms with Gasteiger partial charge in [-0.05, 0) is 42.0 Å². The van der Waals surface area contributed by atoms with Crippen molar-refractivity contribution in [2.24, 2.45) is 7.05 Å². The Morgan fingerprint density at radius 1 is 1.03 bits per heavy atom. The number of hydrogen-bond acceptors (Lipinski definition) is 6. The molecule has 2 aromatic carbocycles. The van der Waals surface area contributed by atoms with E-state index in [0.717, 1.165) is 4.88 Å². The van der Waals surface area contributed by atoms with Gasteiger partial charge in [-0.2, -0.15) is 0 Å². The smallest absolute Gasteiger partial charge is 0.348 e. The van der Waals surface area contributed by atoms with Crippen LogP contribution in [0.1, 0.15) is 31.8 Å². The fraction of sp³-hybridized carbons (Fsp3) is 0.214. The third-order valence-electron chi connectivity index (χ3n) is 5.82. The van der Waals surface area contributed by atoms with Crippen molar-refractivity contribution in [3.8, 4) is 11.5 Å². The van der Waals surface area contributed by atoms with Crippen molar-refractivity contribution >= 4 is 46.2 Å². The molecular formula is C28H26Cl2FN2O4S+. The van der Waals surface area contributed by atoms with E-state index in [-0.39, 0.29) is 12.2 Å². The highest BCUT2D eigenvalue weighted by molar-refractivity contribution is 7.13. The predicted octanol–water partition coefficient (Wildman–Crippen LogP) is 6.79. The first kappa shape index (κ1) is 27.7. The van der Waals surface area contributed by atoms with Crippen molar-refractivity contribution in [1.29, 1.82) is 0 Å². The van der Waals surface area contributed by atoms with Crippen LogP contribution in [0.4, 0.5) is 10.1 Å². The summed E-state index contributed by atoms with van der Waals surface area (Å²) < 4.78 is 32.5. The van der Waals surface area contributed by atoms with Crippen LogP contribution in [0.15, 0.2) is 67.0 Å². The summed E-state index contributed by atoms with van der Waals surface area (Å²) >= 11 is 14.3. The number of ether oxygens (including phenoxy) is 3. The Morgan fingerprint density at radius 2 is 1.74 bits per heavy atom. The molecule has 0 aliphatic rings. The van der Waals surface area contributed by atoms with Crippen molar-refractivity contribution in [2.75, 3.05) is 19.5 Å². The van der Waals surface area contributed by atoms with E-state index in [2.05, 4.69) is 5.32 Å². The quantitative estimate of drug-likeness (QED) is 0.167. The molecule has 2 heterocycles. The largest absolute Gasteiger partial charge is 0.493 e. The van der Waals surface area contributed by atoms with Gasteiger partial charge in [-0.15, -0.1) is 11.3 Å². The Morgan fingerprint density at radius 3 is 2.42 bits per heavy atom. The number of nitrogens with one attached hydrogen (secondary N) is 1. The minimum Gasteiger partial charge on any atom is -0.493 e. The second kappa shape index (κ2) is 12.5. The number of carbonyl (C=O) groups is 1. The number of nitrogens with zero attached hydrogens (tertiary/aromatic N) is 1. The van der Waals surface area contributed by atoms with Crippen molar-refractivity contribution in [3.05, 3.63) is 104 Å². The van der Waals surface area contributed by atoms with E-state index in [1.807, 2.05) is 19.2 Å². The number of anilines is 1. The van der Waals surface area contributed by atoms with E-state index in [1.165, 1.54) is 24.5 Å². The molecule has 0 bridgehead atoms. The number of para-hydroxylation sites is 1. The lowest BCUT2D eigenvalue weighted by Gasteiger charge is -2.20. The van der Waals surface area contributed by atoms with Crippen molar-refractivity contribution < 1.29 is 28.0 Å². The van der Waals surface area contributed by atoms with Crippen LogP contribution in [0.25, 0.3) is 0 Å². The maximum Gasteiger partial charge on any atom is 0.348 e. The van der Waals surface area contributed by atoms with Crippen molar-refractivity contribution in [3.63, 3.8) is 0 Å². The molecule has 6 nitrogen and oxygen atoms in total. The molecule has 0 fully saturated rings. The first-order chi connectivity index (χ1) is 18.3. The van der Waals surface area contributed by atoms with Gasteiger partial charge in [-0.3, -0.25) is 0 Å². The minimum atomic E-state index is -0.716. The highest BCUT2D eigenvalue weighted by atomic mass is 35.5. The standard InChI is InChI=1S/C28H26Cl2FN2O4S/c1-33-15-20(29)19(21(30)16-33)13-25(17-8-10-24(35-2)26(12-17)36-3)37-28(34)27-11-9-18(38-27)14-32-23-7-5-4-6-22(23)31/h4-12,15-16,25,32H,13-14H2,1-3H3/q+1/t25-/m0/s1. The monoisotopic (exact) mass is 575 g/mol. The van der Waals surface area contributed by atoms with Crippen LogP contribution in [0.5, 0.6) is 11.5 Å². The molecule has 2 aromatic heterocycles. The van der Waals surface area contributed by atoms with Crippen molar-refractivity contribution in [1.82, 2.24) is 0 Å². The van der Waals surface area contributed by atoms with E-state index in [4.69, 9.17) is 37.4 Å². The number of aryl methyl sites for hydroxylation is 1. The highest BCUT2D eigenvalue weighted by Crippen LogP contribution is 2.35. The molecule has 4 rings (SSSR count). The van der Waals surface area contributed by atoms with Crippen LogP contribution in [0.3, 0.4) is 0 Å². The SMILES string of the molecule is COc1ccc([C@H](Cc2c(Cl)c[n+](C)cc2Cl)OC(=O)c2ccc(CNc3ccccc3F)s2)cc1OC. The summed E-state index contributed by atoms with van der Waals surface area (Å²) in [7, 11) is 4.91. The molecule has 0 amide bonds. The van der Waals surface area contributed by atoms with Gasteiger partial charge in [0.2, 0.25) is 0 Å². The number of benzene rings is 2. The van der Waals surface area contributed by atoms with Crippen LogP contribution in [-0.2, 0) is 24.8 Å². The molecule has 0 saturated carbocycles. The number of esters is 1. The summed E-state index contributed by atoms with van der Waals surface area (Å²) in [5.74, 6) is 0.212. The predicted molar refractivity (Wildman–Crippen MR) is 147 cm³/mol. The van der Waals surface area contributed by atoms with Gasteiger partial charge in [0.05, 0.1) is 19.9 Å². The van der Waals surface area contributed by atoms with Gasteiger partial charge in [0.15, 0.2) is 23.9 Å². The molecule has 0 aliphatic carbocycles. The van der Waals surface area contributed by atoms with E-state index in [1.54, 1.807) is 60.5 Å². The number of methoxy groups -OCH3 is 2. The van der Waals surface area contributed by atoms with Gasteiger partial charge in [-0.25, -0.2) is 13.8 Å². The average molecular weight is 576 g/mol. The highest BCUT2D eigenvalue weighted by Gasteiger charge is 2.25. The summed E-state index contributed by atoms with van der Waals surface area (Å²) in [5, 5.41) is 3.96. The zero-order chi connectivity index (χ0) is 27.2. The molecule has 198 valence electrons. The topological polar surface area (TPSA) is 60.7 Å². The number of thiophene rings is 1. The lowest BCUT2D eigenvalue weighted by Crippen LogP contribution is -2.27. The average Bonchev–Trinajstić information content (AvgIpc) is 3.38. The van der Waals surface area contributed by atoms with Gasteiger partial charge < -0.3 is 19.5 Å². The molecule has 1 atom stereocenters. The van der Waals surface area contributed by atoms with Crippen LogP contribution < -0.4 is 19.4 Å². The molecule has 38 heavy (non-hydrogen) atoms. The van der Waals surface area contributed by atoms with Crippen LogP contribution in [0.2, 0.25) is 10.0 Å². The van der Waals surface area contributed by atoms with Crippen LogP contribution >= 0.6 is 34.5 Å². The lowest BCUT2D eigenvalue weighted by molar-refractivity contribution is -0.671. The van der Waals surface area contributed by atoms with E-state index in [0.29, 0.717) is 49.8 Å². The van der Waals surface area contributed by atoms with E-state index >= 15 is 0 Å². The lowest BCUT2D eigenvalue weighted by atomic mass is 10.0. The van der Waals surface area contributed by atoms with E-state index < -0.39 is 12.1 Å². The maximum absolute atomic E-state index is 13.9. The van der Waals surface area contributed by atoms with E-state index in [9.17, 15) is 9.18 Å². The summed E-state index contributed by atoms with van der Waals surface area (Å²) in [6, 6.07) is 15.3. The third-order valence-corrected chi connectivity index (χ3v) is 7.54. The van der Waals surface area contributed by atoms with Gasteiger partial charge >= 0.3 is 5.97 Å². The van der Waals surface area contributed by atoms with Crippen LogP contribution in [0, 0.1) is 5.82 Å². The molecular weight excluding hydrogens is 550 g/mol. The second-order valence-electron chi connectivity index (χ2n) is 8.41. The van der Waals surface area contributed by atoms with Gasteiger partial charge in [0.1, 0.15) is 33.9 Å². The summed E-state index contributed by atoms with van der Waals surface area (Å²) in [6.45, 7) is 0.365. The number of pyridine rings is 1. The molecule has 0 spiro atoms.